The Morgan fingerprint density at radius 2 is 0.816 bits per heavy atom. The average molecular weight is 556 g/mol. The number of benzene rings is 2. The molecule has 0 atom stereocenters. The molecule has 4 rings (SSSR count). The minimum atomic E-state index is -5.45. The number of ether oxygens (including phenoxy) is 1. The first-order valence-electron chi connectivity index (χ1n) is 12.5. The van der Waals surface area contributed by atoms with Crippen LogP contribution in [0.25, 0.3) is 0 Å². The first kappa shape index (κ1) is 28.5. The standard InChI is InChI=1S/C27H26F10O/c1-11-3-7-13(8-4-11)15-18(28)22(32)17(23(33)19(15)29)27(36,37)38-26-24(34)20(30)16(21(31)25(26)35)14-9-5-12(2)6-10-14/h11-14H,3-10H2,1-2H3. The van der Waals surface area contributed by atoms with Crippen molar-refractivity contribution in [2.24, 2.45) is 11.8 Å². The summed E-state index contributed by atoms with van der Waals surface area (Å²) in [6.45, 7) is 3.76. The predicted octanol–water partition coefficient (Wildman–Crippen LogP) is 9.52. The van der Waals surface area contributed by atoms with Gasteiger partial charge in [-0.05, 0) is 49.4 Å². The van der Waals surface area contributed by atoms with Crippen molar-refractivity contribution in [2.45, 2.75) is 83.2 Å². The molecule has 2 aromatic carbocycles. The van der Waals surface area contributed by atoms with Gasteiger partial charge in [0.15, 0.2) is 34.9 Å². The molecule has 2 aliphatic rings. The minimum Gasteiger partial charge on any atom is -0.422 e. The number of hydrogen-bond donors (Lipinski definition) is 0. The van der Waals surface area contributed by atoms with Crippen LogP contribution in [0.1, 0.15) is 93.7 Å². The lowest BCUT2D eigenvalue weighted by molar-refractivity contribution is -0.193. The van der Waals surface area contributed by atoms with Gasteiger partial charge >= 0.3 is 6.11 Å². The summed E-state index contributed by atoms with van der Waals surface area (Å²) < 4.78 is 151. The molecule has 0 radical (unpaired) electrons. The molecule has 0 aromatic heterocycles. The van der Waals surface area contributed by atoms with Crippen molar-refractivity contribution in [3.05, 3.63) is 63.2 Å². The Balaban J connectivity index is 1.73. The van der Waals surface area contributed by atoms with E-state index in [0.29, 0.717) is 25.7 Å². The van der Waals surface area contributed by atoms with Gasteiger partial charge in [0.1, 0.15) is 5.56 Å². The van der Waals surface area contributed by atoms with Gasteiger partial charge in [-0.2, -0.15) is 17.6 Å². The molecular formula is C27H26F10O. The molecule has 210 valence electrons. The Bertz CT molecular complexity index is 1150. The van der Waals surface area contributed by atoms with Crippen LogP contribution in [-0.4, -0.2) is 0 Å². The van der Waals surface area contributed by atoms with Gasteiger partial charge in [-0.25, -0.2) is 26.3 Å². The van der Waals surface area contributed by atoms with Gasteiger partial charge in [-0.15, -0.1) is 0 Å². The molecule has 0 spiro atoms. The van der Waals surface area contributed by atoms with E-state index in [1.807, 2.05) is 13.8 Å². The third-order valence-corrected chi connectivity index (χ3v) is 7.92. The highest BCUT2D eigenvalue weighted by Gasteiger charge is 2.47. The molecule has 2 aromatic rings. The van der Waals surface area contributed by atoms with E-state index in [1.54, 1.807) is 0 Å². The van der Waals surface area contributed by atoms with Crippen molar-refractivity contribution in [2.75, 3.05) is 0 Å². The molecule has 0 amide bonds. The summed E-state index contributed by atoms with van der Waals surface area (Å²) in [6.07, 6.45) is -2.78. The van der Waals surface area contributed by atoms with Crippen LogP contribution in [0.5, 0.6) is 5.75 Å². The molecule has 0 unspecified atom stereocenters. The fourth-order valence-electron chi connectivity index (χ4n) is 5.62. The average Bonchev–Trinajstić information content (AvgIpc) is 2.87. The van der Waals surface area contributed by atoms with Gasteiger partial charge in [0, 0.05) is 11.1 Å². The first-order valence-corrected chi connectivity index (χ1v) is 12.5. The second kappa shape index (κ2) is 10.6. The SMILES string of the molecule is CC1CCC(c2c(F)c(F)c(OC(F)(F)c3c(F)c(F)c(C4CCC(C)CC4)c(F)c3F)c(F)c2F)CC1. The van der Waals surface area contributed by atoms with Gasteiger partial charge in [0.25, 0.3) is 0 Å². The monoisotopic (exact) mass is 556 g/mol. The molecule has 1 nitrogen and oxygen atoms in total. The second-order valence-electron chi connectivity index (χ2n) is 10.6. The highest BCUT2D eigenvalue weighted by atomic mass is 19.3. The van der Waals surface area contributed by atoms with Crippen LogP contribution in [0, 0.1) is 58.4 Å². The highest BCUT2D eigenvalue weighted by molar-refractivity contribution is 5.39. The smallest absolute Gasteiger partial charge is 0.422 e. The molecule has 11 heteroatoms. The summed E-state index contributed by atoms with van der Waals surface area (Å²) in [4.78, 5) is 0. The van der Waals surface area contributed by atoms with Crippen LogP contribution >= 0.6 is 0 Å². The normalized spacial score (nSPS) is 24.5. The summed E-state index contributed by atoms with van der Waals surface area (Å²) in [5.74, 6) is -21.7. The maximum Gasteiger partial charge on any atom is 0.432 e. The lowest BCUT2D eigenvalue weighted by Gasteiger charge is -2.29. The van der Waals surface area contributed by atoms with E-state index in [9.17, 15) is 43.9 Å². The van der Waals surface area contributed by atoms with Gasteiger partial charge in [-0.3, -0.25) is 0 Å². The van der Waals surface area contributed by atoms with Crippen LogP contribution in [0.4, 0.5) is 43.9 Å². The van der Waals surface area contributed by atoms with Crippen LogP contribution in [0.3, 0.4) is 0 Å². The van der Waals surface area contributed by atoms with Gasteiger partial charge in [-0.1, -0.05) is 39.5 Å². The Hall–Kier alpha value is -2.46. The van der Waals surface area contributed by atoms with Crippen molar-refractivity contribution in [3.8, 4) is 5.75 Å². The fraction of sp³-hybridized carbons (Fsp3) is 0.556. The summed E-state index contributed by atoms with van der Waals surface area (Å²) in [6, 6.07) is 0. The molecule has 2 saturated carbocycles. The van der Waals surface area contributed by atoms with Crippen molar-refractivity contribution in [1.82, 2.24) is 0 Å². The largest absolute Gasteiger partial charge is 0.432 e. The molecule has 0 bridgehead atoms. The Kier molecular flexibility index (Phi) is 7.96. The zero-order valence-corrected chi connectivity index (χ0v) is 20.7. The lowest BCUT2D eigenvalue weighted by Crippen LogP contribution is -2.29. The Morgan fingerprint density at radius 3 is 1.16 bits per heavy atom. The molecule has 0 heterocycles. The molecule has 2 fully saturated rings. The van der Waals surface area contributed by atoms with Crippen molar-refractivity contribution in [3.63, 3.8) is 0 Å². The molecule has 2 aliphatic carbocycles. The zero-order chi connectivity index (χ0) is 28.1. The maximum absolute atomic E-state index is 14.9. The van der Waals surface area contributed by atoms with Gasteiger partial charge < -0.3 is 4.74 Å². The number of rotatable bonds is 5. The number of hydrogen-bond acceptors (Lipinski definition) is 1. The van der Waals surface area contributed by atoms with Crippen molar-refractivity contribution in [1.29, 1.82) is 0 Å². The first-order chi connectivity index (χ1) is 17.8. The maximum atomic E-state index is 14.9. The summed E-state index contributed by atoms with van der Waals surface area (Å²) >= 11 is 0. The second-order valence-corrected chi connectivity index (χ2v) is 10.6. The molecule has 0 saturated heterocycles. The van der Waals surface area contributed by atoms with E-state index in [0.717, 1.165) is 0 Å². The third-order valence-electron chi connectivity index (χ3n) is 7.92. The van der Waals surface area contributed by atoms with Crippen LogP contribution in [0.15, 0.2) is 0 Å². The molecule has 0 aliphatic heterocycles. The van der Waals surface area contributed by atoms with Gasteiger partial charge in [0.05, 0.1) is 0 Å². The van der Waals surface area contributed by atoms with E-state index < -0.39 is 86.9 Å². The Labute approximate surface area is 213 Å². The van der Waals surface area contributed by atoms with E-state index in [2.05, 4.69) is 4.74 Å². The quantitative estimate of drug-likeness (QED) is 0.263. The minimum absolute atomic E-state index is 0.154. The Morgan fingerprint density at radius 1 is 0.500 bits per heavy atom. The fourth-order valence-corrected chi connectivity index (χ4v) is 5.62. The summed E-state index contributed by atoms with van der Waals surface area (Å²) in [7, 11) is 0. The van der Waals surface area contributed by atoms with Gasteiger partial charge in [0.2, 0.25) is 17.4 Å². The third kappa shape index (κ3) is 4.97. The lowest BCUT2D eigenvalue weighted by atomic mass is 9.78. The van der Waals surface area contributed by atoms with Crippen LogP contribution < -0.4 is 4.74 Å². The van der Waals surface area contributed by atoms with Crippen LogP contribution in [0.2, 0.25) is 0 Å². The van der Waals surface area contributed by atoms with Crippen molar-refractivity contribution < 1.29 is 48.6 Å². The van der Waals surface area contributed by atoms with Crippen LogP contribution in [-0.2, 0) is 6.11 Å². The zero-order valence-electron chi connectivity index (χ0n) is 20.7. The predicted molar refractivity (Wildman–Crippen MR) is 118 cm³/mol. The highest BCUT2D eigenvalue weighted by Crippen LogP contribution is 2.46. The molecular weight excluding hydrogens is 530 g/mol. The molecule has 38 heavy (non-hydrogen) atoms. The number of halogens is 10. The summed E-state index contributed by atoms with van der Waals surface area (Å²) in [5.41, 5.74) is -4.64. The number of alkyl halides is 2. The molecule has 0 N–H and O–H groups in total. The van der Waals surface area contributed by atoms with E-state index in [4.69, 9.17) is 0 Å². The van der Waals surface area contributed by atoms with E-state index >= 15 is 0 Å². The summed E-state index contributed by atoms with van der Waals surface area (Å²) in [5, 5.41) is 0. The van der Waals surface area contributed by atoms with E-state index in [1.165, 1.54) is 0 Å². The van der Waals surface area contributed by atoms with E-state index in [-0.39, 0.29) is 37.5 Å². The topological polar surface area (TPSA) is 9.23 Å². The van der Waals surface area contributed by atoms with Crippen molar-refractivity contribution >= 4 is 0 Å².